The first-order valence-electron chi connectivity index (χ1n) is 14.2. The molecule has 1 aliphatic rings. The van der Waals surface area contributed by atoms with Crippen LogP contribution in [0, 0.1) is 12.8 Å². The van der Waals surface area contributed by atoms with Crippen LogP contribution in [-0.2, 0) is 32.6 Å². The summed E-state index contributed by atoms with van der Waals surface area (Å²) in [5.41, 5.74) is 3.15. The number of likely N-dealkylation sites (tertiary alicyclic amines) is 1. The van der Waals surface area contributed by atoms with Gasteiger partial charge in [0.2, 0.25) is 21.8 Å². The number of piperidine rings is 1. The fourth-order valence-electron chi connectivity index (χ4n) is 5.05. The summed E-state index contributed by atoms with van der Waals surface area (Å²) in [5.74, 6) is 0.302. The Labute approximate surface area is 235 Å². The highest BCUT2D eigenvalue weighted by atomic mass is 32.2. The molecule has 39 heavy (non-hydrogen) atoms. The molecule has 7 nitrogen and oxygen atoms in total. The number of amides is 2. The molecule has 1 heterocycles. The van der Waals surface area contributed by atoms with Crippen molar-refractivity contribution in [3.63, 3.8) is 0 Å². The van der Waals surface area contributed by atoms with Crippen molar-refractivity contribution in [2.24, 2.45) is 5.92 Å². The third-order valence-electron chi connectivity index (χ3n) is 7.50. The summed E-state index contributed by atoms with van der Waals surface area (Å²) >= 11 is 0. The first kappa shape index (κ1) is 30.8. The molecule has 3 rings (SSSR count). The smallest absolute Gasteiger partial charge is 0.238 e. The summed E-state index contributed by atoms with van der Waals surface area (Å²) in [6, 6.07) is 17.7. The lowest BCUT2D eigenvalue weighted by Gasteiger charge is -2.39. The first-order valence-corrected chi connectivity index (χ1v) is 15.8. The van der Waals surface area contributed by atoms with Gasteiger partial charge >= 0.3 is 0 Å². The zero-order chi connectivity index (χ0) is 28.4. The van der Waals surface area contributed by atoms with Gasteiger partial charge in [0.25, 0.3) is 0 Å². The maximum atomic E-state index is 13.9. The van der Waals surface area contributed by atoms with Crippen LogP contribution in [0.25, 0.3) is 0 Å². The lowest BCUT2D eigenvalue weighted by molar-refractivity contribution is -0.137. The van der Waals surface area contributed by atoms with Crippen LogP contribution >= 0.6 is 0 Å². The van der Waals surface area contributed by atoms with Gasteiger partial charge in [0.1, 0.15) is 0 Å². The number of hydrogen-bond donors (Lipinski definition) is 0. The minimum absolute atomic E-state index is 0.0398. The third kappa shape index (κ3) is 9.17. The molecular formula is C31H45N3O4S. The van der Waals surface area contributed by atoms with Crippen LogP contribution in [0.1, 0.15) is 63.1 Å². The molecule has 2 aromatic rings. The summed E-state index contributed by atoms with van der Waals surface area (Å²) in [7, 11) is -3.53. The van der Waals surface area contributed by atoms with E-state index in [1.54, 1.807) is 0 Å². The maximum Gasteiger partial charge on any atom is 0.238 e. The number of aryl methyl sites for hydroxylation is 1. The summed E-state index contributed by atoms with van der Waals surface area (Å²) in [6.07, 6.45) is 2.93. The van der Waals surface area contributed by atoms with Crippen LogP contribution in [-0.4, -0.2) is 72.3 Å². The van der Waals surface area contributed by atoms with Gasteiger partial charge in [-0.2, -0.15) is 4.31 Å². The van der Waals surface area contributed by atoms with Crippen LogP contribution in [0.3, 0.4) is 0 Å². The fourth-order valence-corrected chi connectivity index (χ4v) is 6.51. The van der Waals surface area contributed by atoms with E-state index in [2.05, 4.69) is 13.8 Å². The van der Waals surface area contributed by atoms with Gasteiger partial charge in [-0.1, -0.05) is 75.4 Å². The van der Waals surface area contributed by atoms with E-state index < -0.39 is 10.0 Å². The monoisotopic (exact) mass is 555 g/mol. The van der Waals surface area contributed by atoms with Gasteiger partial charge in [0, 0.05) is 32.2 Å². The highest BCUT2D eigenvalue weighted by Gasteiger charge is 2.33. The Hall–Kier alpha value is -2.71. The first-order chi connectivity index (χ1) is 18.6. The predicted octanol–water partition coefficient (Wildman–Crippen LogP) is 4.65. The Balaban J connectivity index is 1.76. The molecule has 0 aliphatic carbocycles. The van der Waals surface area contributed by atoms with E-state index in [1.807, 2.05) is 78.2 Å². The van der Waals surface area contributed by atoms with Crippen LogP contribution in [0.2, 0.25) is 0 Å². The average Bonchev–Trinajstić information content (AvgIpc) is 2.91. The zero-order valence-electron chi connectivity index (χ0n) is 24.0. The Kier molecular flexibility index (Phi) is 11.5. The molecule has 0 spiro atoms. The quantitative estimate of drug-likeness (QED) is 0.361. The zero-order valence-corrected chi connectivity index (χ0v) is 24.8. The van der Waals surface area contributed by atoms with E-state index in [-0.39, 0.29) is 30.2 Å². The lowest BCUT2D eigenvalue weighted by atomic mass is 10.00. The lowest BCUT2D eigenvalue weighted by Crippen LogP contribution is -2.51. The van der Waals surface area contributed by atoms with Gasteiger partial charge in [-0.3, -0.25) is 9.59 Å². The Bertz CT molecular complexity index is 1180. The number of sulfonamides is 1. The van der Waals surface area contributed by atoms with Crippen molar-refractivity contribution in [1.82, 2.24) is 14.1 Å². The molecule has 0 N–H and O–H groups in total. The number of benzene rings is 2. The normalized spacial score (nSPS) is 14.7. The van der Waals surface area contributed by atoms with Crippen molar-refractivity contribution in [2.75, 3.05) is 31.9 Å². The number of carbonyl (C=O) groups is 2. The maximum absolute atomic E-state index is 13.9. The minimum Gasteiger partial charge on any atom is -0.342 e. The number of hydrogen-bond acceptors (Lipinski definition) is 4. The predicted molar refractivity (Wildman–Crippen MR) is 157 cm³/mol. The SMILES string of the molecule is CCCS(=O)(=O)N(CCC(C)C)CC(=O)N(Cc1ccccc1C)C1CCN(C(=O)Cc2ccccc2)CC1. The molecule has 0 radical (unpaired) electrons. The van der Waals surface area contributed by atoms with Crippen molar-refractivity contribution >= 4 is 21.8 Å². The molecule has 0 unspecified atom stereocenters. The molecule has 0 saturated carbocycles. The van der Waals surface area contributed by atoms with Crippen molar-refractivity contribution in [1.29, 1.82) is 0 Å². The summed E-state index contributed by atoms with van der Waals surface area (Å²) in [4.78, 5) is 30.5. The standard InChI is InChI=1S/C31H45N3O4S/c1-5-21-39(37,38)33(20-15-25(2)3)24-31(36)34(23-28-14-10-9-11-26(28)4)29-16-18-32(19-17-29)30(35)22-27-12-7-6-8-13-27/h6-14,25,29H,5,15-24H2,1-4H3. The van der Waals surface area contributed by atoms with E-state index in [9.17, 15) is 18.0 Å². The van der Waals surface area contributed by atoms with Gasteiger partial charge in [0.05, 0.1) is 18.7 Å². The van der Waals surface area contributed by atoms with Crippen LogP contribution in [0.5, 0.6) is 0 Å². The summed E-state index contributed by atoms with van der Waals surface area (Å²) < 4.78 is 27.5. The Morgan fingerprint density at radius 2 is 1.64 bits per heavy atom. The molecule has 1 fully saturated rings. The van der Waals surface area contributed by atoms with E-state index in [1.165, 1.54) is 4.31 Å². The highest BCUT2D eigenvalue weighted by molar-refractivity contribution is 7.89. The van der Waals surface area contributed by atoms with Gasteiger partial charge < -0.3 is 9.80 Å². The van der Waals surface area contributed by atoms with E-state index >= 15 is 0 Å². The van der Waals surface area contributed by atoms with Gasteiger partial charge in [-0.15, -0.1) is 0 Å². The molecule has 1 aliphatic heterocycles. The second-order valence-electron chi connectivity index (χ2n) is 11.1. The van der Waals surface area contributed by atoms with E-state index in [0.29, 0.717) is 64.2 Å². The van der Waals surface area contributed by atoms with E-state index in [0.717, 1.165) is 16.7 Å². The third-order valence-corrected chi connectivity index (χ3v) is 9.52. The van der Waals surface area contributed by atoms with Crippen molar-refractivity contribution in [3.05, 3.63) is 71.3 Å². The van der Waals surface area contributed by atoms with Gasteiger partial charge in [0.15, 0.2) is 0 Å². The molecule has 8 heteroatoms. The fraction of sp³-hybridized carbons (Fsp3) is 0.548. The van der Waals surface area contributed by atoms with E-state index in [4.69, 9.17) is 0 Å². The molecule has 0 atom stereocenters. The van der Waals surface area contributed by atoms with Crippen molar-refractivity contribution < 1.29 is 18.0 Å². The Morgan fingerprint density at radius 3 is 2.26 bits per heavy atom. The number of rotatable bonds is 13. The van der Waals surface area contributed by atoms with Crippen LogP contribution < -0.4 is 0 Å². The number of nitrogens with zero attached hydrogens (tertiary/aromatic N) is 3. The molecule has 2 amide bonds. The van der Waals surface area contributed by atoms with Crippen LogP contribution in [0.4, 0.5) is 0 Å². The molecular weight excluding hydrogens is 510 g/mol. The summed E-state index contributed by atoms with van der Waals surface area (Å²) in [5, 5.41) is 0. The Morgan fingerprint density at radius 1 is 1.00 bits per heavy atom. The number of carbonyl (C=O) groups excluding carboxylic acids is 2. The van der Waals surface area contributed by atoms with Gasteiger partial charge in [-0.25, -0.2) is 8.42 Å². The molecule has 0 bridgehead atoms. The second-order valence-corrected chi connectivity index (χ2v) is 13.1. The molecule has 0 aromatic heterocycles. The molecule has 2 aromatic carbocycles. The highest BCUT2D eigenvalue weighted by Crippen LogP contribution is 2.22. The molecule has 1 saturated heterocycles. The molecule has 214 valence electrons. The largest absolute Gasteiger partial charge is 0.342 e. The minimum atomic E-state index is -3.53. The topological polar surface area (TPSA) is 78.0 Å². The summed E-state index contributed by atoms with van der Waals surface area (Å²) in [6.45, 7) is 9.79. The van der Waals surface area contributed by atoms with Crippen molar-refractivity contribution in [3.8, 4) is 0 Å². The average molecular weight is 556 g/mol. The second kappa shape index (κ2) is 14.6. The van der Waals surface area contributed by atoms with Crippen molar-refractivity contribution in [2.45, 2.75) is 72.4 Å². The van der Waals surface area contributed by atoms with Crippen LogP contribution in [0.15, 0.2) is 54.6 Å². The van der Waals surface area contributed by atoms with Gasteiger partial charge in [-0.05, 0) is 55.2 Å².